The summed E-state index contributed by atoms with van der Waals surface area (Å²) in [6.07, 6.45) is 5.88. The number of carboxylic acid groups (broad SMARTS) is 2. The van der Waals surface area contributed by atoms with E-state index in [1.54, 1.807) is 12.1 Å². The summed E-state index contributed by atoms with van der Waals surface area (Å²) < 4.78 is 0. The predicted molar refractivity (Wildman–Crippen MR) is 110 cm³/mol. The molecule has 0 heterocycles. The van der Waals surface area contributed by atoms with E-state index in [-0.39, 0.29) is 53.5 Å². The molecule has 0 aromatic heterocycles. The molecule has 2 aromatic rings. The third-order valence-electron chi connectivity index (χ3n) is 3.51. The Balaban J connectivity index is 0. The van der Waals surface area contributed by atoms with Crippen LogP contribution < -0.4 is 0 Å². The van der Waals surface area contributed by atoms with Crippen LogP contribution in [0, 0.1) is 0 Å². The Kier molecular flexibility index (Phi) is 16.7. The van der Waals surface area contributed by atoms with Crippen LogP contribution >= 0.6 is 0 Å². The first-order valence-electron chi connectivity index (χ1n) is 7.99. The van der Waals surface area contributed by atoms with E-state index in [0.29, 0.717) is 12.0 Å². The normalized spacial score (nSPS) is 9.16. The molecule has 0 amide bonds. The van der Waals surface area contributed by atoms with Crippen LogP contribution in [-0.2, 0) is 4.79 Å². The molecule has 0 fully saturated rings. The molecule has 4 nitrogen and oxygen atoms in total. The predicted octanol–water partition coefficient (Wildman–Crippen LogP) is 2.87. The van der Waals surface area contributed by atoms with E-state index >= 15 is 0 Å². The van der Waals surface area contributed by atoms with Crippen LogP contribution in [0.15, 0.2) is 42.5 Å². The zero-order valence-corrected chi connectivity index (χ0v) is 25.9. The number of aromatic carboxylic acids is 1. The number of carboxylic acids is 2. The molecule has 0 saturated heterocycles. The van der Waals surface area contributed by atoms with Gasteiger partial charge in [0, 0.05) is 6.42 Å². The second kappa shape index (κ2) is 15.7. The zero-order valence-electron chi connectivity index (χ0n) is 14.9. The van der Waals surface area contributed by atoms with Gasteiger partial charge < -0.3 is 10.2 Å². The number of rotatable bonds is 7. The van der Waals surface area contributed by atoms with Gasteiger partial charge in [-0.05, 0) is 23.3 Å². The maximum atomic E-state index is 10.8. The molecule has 0 aliphatic carbocycles. The van der Waals surface area contributed by atoms with Crippen molar-refractivity contribution in [2.24, 2.45) is 0 Å². The van der Waals surface area contributed by atoms with Gasteiger partial charge >= 0.3 is 65.4 Å². The van der Waals surface area contributed by atoms with Crippen molar-refractivity contribution in [2.45, 2.75) is 45.4 Å². The number of aliphatic carboxylic acids is 1. The summed E-state index contributed by atoms with van der Waals surface area (Å²) in [6.45, 7) is 2.15. The average molecular weight is 738 g/mol. The number of hydrogen-bond acceptors (Lipinski definition) is 2. The first kappa shape index (κ1) is 26.7. The molecule has 0 aliphatic rings. The van der Waals surface area contributed by atoms with Crippen molar-refractivity contribution < 1.29 is 19.8 Å². The molecular formula is C19H29BiO4Pb. The summed E-state index contributed by atoms with van der Waals surface area (Å²) in [6, 6.07) is 12.7. The number of fused-ring (bicyclic) bond motifs is 1. The third kappa shape index (κ3) is 10.9. The van der Waals surface area contributed by atoms with Gasteiger partial charge in [-0.15, -0.1) is 0 Å². The molecule has 2 aromatic carbocycles. The Morgan fingerprint density at radius 1 is 0.880 bits per heavy atom. The van der Waals surface area contributed by atoms with E-state index in [1.165, 1.54) is 19.3 Å². The molecular weight excluding hydrogens is 708 g/mol. The second-order valence-corrected chi connectivity index (χ2v) is 5.39. The Morgan fingerprint density at radius 3 is 2.08 bits per heavy atom. The molecule has 2 N–H and O–H groups in total. The molecule has 0 spiro atoms. The van der Waals surface area contributed by atoms with E-state index < -0.39 is 11.9 Å². The van der Waals surface area contributed by atoms with Crippen molar-refractivity contribution in [3.05, 3.63) is 48.0 Å². The van der Waals surface area contributed by atoms with Crippen LogP contribution in [0.2, 0.25) is 0 Å². The van der Waals surface area contributed by atoms with Gasteiger partial charge in [-0.1, -0.05) is 69.0 Å². The van der Waals surface area contributed by atoms with Gasteiger partial charge in [-0.2, -0.15) is 0 Å². The van der Waals surface area contributed by atoms with Crippen LogP contribution in [0.1, 0.15) is 55.8 Å². The molecule has 2 rings (SSSR count). The maximum absolute atomic E-state index is 10.8. The summed E-state index contributed by atoms with van der Waals surface area (Å²) in [5.41, 5.74) is 0.359. The Labute approximate surface area is 188 Å². The van der Waals surface area contributed by atoms with Gasteiger partial charge in [-0.3, -0.25) is 4.79 Å². The number of unbranched alkanes of at least 4 members (excludes halogenated alkanes) is 4. The number of hydrogen-bond donors (Lipinski definition) is 2. The molecule has 0 unspecified atom stereocenters. The fourth-order valence-corrected chi connectivity index (χ4v) is 2.29. The quantitative estimate of drug-likeness (QED) is 0.339. The van der Waals surface area contributed by atoms with E-state index in [1.807, 2.05) is 30.3 Å². The summed E-state index contributed by atoms with van der Waals surface area (Å²) in [5, 5.41) is 18.9. The van der Waals surface area contributed by atoms with Crippen molar-refractivity contribution in [1.82, 2.24) is 0 Å². The van der Waals surface area contributed by atoms with E-state index in [9.17, 15) is 9.59 Å². The van der Waals surface area contributed by atoms with Crippen LogP contribution in [0.4, 0.5) is 0 Å². The molecule has 0 atom stereocenters. The SMILES string of the molecule is CCCCCCCC(=O)O.O=C(O)c1cccc2ccccc12.[BiH3].[PbH2]. The van der Waals surface area contributed by atoms with Gasteiger partial charge in [0.15, 0.2) is 0 Å². The van der Waals surface area contributed by atoms with Crippen molar-refractivity contribution in [3.8, 4) is 0 Å². The van der Waals surface area contributed by atoms with Crippen molar-refractivity contribution in [2.75, 3.05) is 0 Å². The topological polar surface area (TPSA) is 74.6 Å². The van der Waals surface area contributed by atoms with Crippen molar-refractivity contribution >= 4 is 76.2 Å². The minimum absolute atomic E-state index is 0. The van der Waals surface area contributed by atoms with Gasteiger partial charge in [0.1, 0.15) is 0 Å². The fourth-order valence-electron chi connectivity index (χ4n) is 2.29. The molecule has 6 heteroatoms. The van der Waals surface area contributed by atoms with Crippen molar-refractivity contribution in [3.63, 3.8) is 0 Å². The second-order valence-electron chi connectivity index (χ2n) is 5.39. The Morgan fingerprint density at radius 2 is 1.48 bits per heavy atom. The van der Waals surface area contributed by atoms with E-state index in [4.69, 9.17) is 10.2 Å². The standard InChI is InChI=1S/C11H8O2.C8H16O2.Bi.Pb.5H/c12-11(13)10-7-3-5-8-4-1-2-6-9(8)10;1-2-3-4-5-6-7-8(9)10;;;;;;;/h1-7H,(H,12,13);2-7H2,1H3,(H,9,10);;;;;;;. The first-order chi connectivity index (χ1) is 11.1. The monoisotopic (exact) mass is 738 g/mol. The van der Waals surface area contributed by atoms with Gasteiger partial charge in [0.25, 0.3) is 0 Å². The summed E-state index contributed by atoms with van der Waals surface area (Å²) in [5.74, 6) is -1.55. The molecule has 0 saturated carbocycles. The summed E-state index contributed by atoms with van der Waals surface area (Å²) in [4.78, 5) is 20.8. The summed E-state index contributed by atoms with van der Waals surface area (Å²) in [7, 11) is 0. The molecule has 25 heavy (non-hydrogen) atoms. The molecule has 0 aliphatic heterocycles. The van der Waals surface area contributed by atoms with Gasteiger partial charge in [0.2, 0.25) is 0 Å². The number of carbonyl (C=O) groups is 2. The van der Waals surface area contributed by atoms with Gasteiger partial charge in [0.05, 0.1) is 5.56 Å². The van der Waals surface area contributed by atoms with Crippen LogP contribution in [-0.4, -0.2) is 75.7 Å². The van der Waals surface area contributed by atoms with Gasteiger partial charge in [-0.25, -0.2) is 4.79 Å². The minimum atomic E-state index is -0.878. The van der Waals surface area contributed by atoms with Crippen LogP contribution in [0.5, 0.6) is 0 Å². The summed E-state index contributed by atoms with van der Waals surface area (Å²) >= 11 is 0. The van der Waals surface area contributed by atoms with E-state index in [0.717, 1.165) is 23.6 Å². The molecule has 138 valence electrons. The van der Waals surface area contributed by atoms with E-state index in [2.05, 4.69) is 6.92 Å². The molecule has 0 bridgehead atoms. The fraction of sp³-hybridized carbons (Fsp3) is 0.368. The number of benzene rings is 2. The zero-order chi connectivity index (χ0) is 17.1. The Bertz CT molecular complexity index is 641. The van der Waals surface area contributed by atoms with Crippen LogP contribution in [0.25, 0.3) is 10.8 Å². The Hall–Kier alpha value is -0.555. The van der Waals surface area contributed by atoms with Crippen LogP contribution in [0.3, 0.4) is 0 Å². The molecule has 2 radical (unpaired) electrons. The third-order valence-corrected chi connectivity index (χ3v) is 3.51. The first-order valence-corrected chi connectivity index (χ1v) is 7.99. The van der Waals surface area contributed by atoms with Crippen molar-refractivity contribution in [1.29, 1.82) is 0 Å². The average Bonchev–Trinajstić information content (AvgIpc) is 2.54.